The molecule has 0 N–H and O–H groups in total. The summed E-state index contributed by atoms with van der Waals surface area (Å²) in [5.41, 5.74) is 16.7. The fourth-order valence-corrected chi connectivity index (χ4v) is 10.5. The van der Waals surface area contributed by atoms with Crippen molar-refractivity contribution in [1.82, 2.24) is 0 Å². The molecule has 0 unspecified atom stereocenters. The largest absolute Gasteiger partial charge is 0.464 e. The molecule has 0 amide bonds. The number of para-hydroxylation sites is 2. The summed E-state index contributed by atoms with van der Waals surface area (Å²) in [7, 11) is 0. The lowest BCUT2D eigenvalue weighted by atomic mass is 9.84. The average Bonchev–Trinajstić information content (AvgIpc) is 4.05. The van der Waals surface area contributed by atoms with Crippen molar-refractivity contribution in [1.29, 1.82) is 0 Å². The lowest BCUT2D eigenvalue weighted by molar-refractivity contribution is 0.616. The van der Waals surface area contributed by atoms with Crippen molar-refractivity contribution in [2.24, 2.45) is 0 Å². The van der Waals surface area contributed by atoms with E-state index >= 15 is 0 Å². The van der Waals surface area contributed by atoms with E-state index in [1.165, 1.54) is 109 Å². The first-order valence-electron chi connectivity index (χ1n) is 19.3. The summed E-state index contributed by atoms with van der Waals surface area (Å²) >= 11 is 0. The monoisotopic (exact) mass is 708 g/mol. The zero-order valence-corrected chi connectivity index (χ0v) is 30.0. The molecule has 0 bridgehead atoms. The number of benzene rings is 10. The SMILES string of the molecule is c1cc(-c2cc3c4cc5c(cc4c(-c4cccc6ccoc46)cc3c3cc4c(cc23)-c2cccc3cccc-4c23)-c2cccc3cccc-5c23)c2occc2c1. The minimum atomic E-state index is 0.910. The van der Waals surface area contributed by atoms with Crippen molar-refractivity contribution in [3.05, 3.63) is 170 Å². The van der Waals surface area contributed by atoms with E-state index in [-0.39, 0.29) is 0 Å². The van der Waals surface area contributed by atoms with Gasteiger partial charge in [0, 0.05) is 21.9 Å². The average molecular weight is 709 g/mol. The Labute approximate surface area is 320 Å². The molecule has 2 heterocycles. The van der Waals surface area contributed by atoms with Gasteiger partial charge < -0.3 is 8.83 Å². The van der Waals surface area contributed by atoms with E-state index < -0.39 is 0 Å². The predicted octanol–water partition coefficient (Wildman–Crippen LogP) is 15.6. The molecule has 12 aromatic rings. The predicted molar refractivity (Wildman–Crippen MR) is 233 cm³/mol. The highest BCUT2D eigenvalue weighted by atomic mass is 16.3. The van der Waals surface area contributed by atoms with Crippen molar-refractivity contribution in [3.63, 3.8) is 0 Å². The molecule has 2 aromatic heterocycles. The highest BCUT2D eigenvalue weighted by Gasteiger charge is 2.27. The lowest BCUT2D eigenvalue weighted by Crippen LogP contribution is -1.92. The van der Waals surface area contributed by atoms with Gasteiger partial charge in [0.1, 0.15) is 11.2 Å². The summed E-state index contributed by atoms with van der Waals surface area (Å²) in [6.07, 6.45) is 3.62. The van der Waals surface area contributed by atoms with Crippen LogP contribution in [-0.2, 0) is 0 Å². The Balaban J connectivity index is 1.20. The van der Waals surface area contributed by atoms with E-state index in [4.69, 9.17) is 8.83 Å². The zero-order valence-electron chi connectivity index (χ0n) is 30.0. The fraction of sp³-hybridized carbons (Fsp3) is 0. The van der Waals surface area contributed by atoms with Gasteiger partial charge in [-0.2, -0.15) is 0 Å². The van der Waals surface area contributed by atoms with Crippen molar-refractivity contribution >= 4 is 75.8 Å². The van der Waals surface area contributed by atoms with Gasteiger partial charge in [-0.1, -0.05) is 109 Å². The molecule has 0 saturated carbocycles. The van der Waals surface area contributed by atoms with Crippen LogP contribution in [0.5, 0.6) is 0 Å². The molecular weight excluding hydrogens is 681 g/mol. The third-order valence-corrected chi connectivity index (χ3v) is 12.9. The van der Waals surface area contributed by atoms with E-state index in [0.717, 1.165) is 33.1 Å². The standard InChI is InChI=1S/C54H28O2/c1-7-29-9-3-15-35-41-25-47-45(23-39(41)33(13-1)51(29)35)43(37-17-5-11-31-19-21-55-53(31)37)27-50-48-26-42-36-16-4-10-30-8-2-14-34(52(30)36)40(42)24-46(48)44(28-49(47)50)38-18-6-12-32-20-22-56-54(32)38/h1-28H. The first-order valence-corrected chi connectivity index (χ1v) is 19.3. The molecule has 14 rings (SSSR count). The van der Waals surface area contributed by atoms with Crippen LogP contribution in [0.1, 0.15) is 0 Å². The Morgan fingerprint density at radius 2 is 0.536 bits per heavy atom. The van der Waals surface area contributed by atoms with Gasteiger partial charge in [-0.05, 0) is 158 Å². The van der Waals surface area contributed by atoms with Crippen LogP contribution in [-0.4, -0.2) is 0 Å². The molecule has 2 nitrogen and oxygen atoms in total. The van der Waals surface area contributed by atoms with Gasteiger partial charge >= 0.3 is 0 Å². The quantitative estimate of drug-likeness (QED) is 0.167. The minimum absolute atomic E-state index is 0.910. The Hall–Kier alpha value is -7.42. The molecule has 2 heteroatoms. The zero-order chi connectivity index (χ0) is 36.2. The Kier molecular flexibility index (Phi) is 5.28. The van der Waals surface area contributed by atoms with Crippen LogP contribution >= 0.6 is 0 Å². The molecule has 0 radical (unpaired) electrons. The molecule has 2 aliphatic rings. The molecule has 0 fully saturated rings. The fourth-order valence-electron chi connectivity index (χ4n) is 10.5. The summed E-state index contributed by atoms with van der Waals surface area (Å²) in [5, 5.41) is 14.7. The molecule has 56 heavy (non-hydrogen) atoms. The normalized spacial score (nSPS) is 12.6. The number of hydrogen-bond acceptors (Lipinski definition) is 2. The van der Waals surface area contributed by atoms with E-state index in [1.54, 1.807) is 0 Å². The molecule has 0 atom stereocenters. The molecule has 2 aliphatic carbocycles. The van der Waals surface area contributed by atoms with Gasteiger partial charge in [0.15, 0.2) is 0 Å². The molecular formula is C54H28O2. The van der Waals surface area contributed by atoms with Crippen molar-refractivity contribution < 1.29 is 8.83 Å². The summed E-state index contributed by atoms with van der Waals surface area (Å²) in [6, 6.07) is 58.8. The van der Waals surface area contributed by atoms with Crippen LogP contribution in [0.2, 0.25) is 0 Å². The second-order valence-electron chi connectivity index (χ2n) is 15.5. The summed E-state index contributed by atoms with van der Waals surface area (Å²) in [6.45, 7) is 0. The maximum absolute atomic E-state index is 6.27. The van der Waals surface area contributed by atoms with Crippen LogP contribution in [0.15, 0.2) is 179 Å². The highest BCUT2D eigenvalue weighted by molar-refractivity contribution is 6.30. The number of furan rings is 2. The van der Waals surface area contributed by atoms with Crippen molar-refractivity contribution in [2.45, 2.75) is 0 Å². The molecule has 0 aliphatic heterocycles. The maximum Gasteiger partial charge on any atom is 0.141 e. The molecule has 10 aromatic carbocycles. The molecule has 0 spiro atoms. The molecule has 0 saturated heterocycles. The van der Waals surface area contributed by atoms with Gasteiger partial charge in [0.2, 0.25) is 0 Å². The Bertz CT molecular complexity index is 3500. The maximum atomic E-state index is 6.27. The lowest BCUT2D eigenvalue weighted by Gasteiger charge is -2.19. The summed E-state index contributed by atoms with van der Waals surface area (Å²) < 4.78 is 12.5. The van der Waals surface area contributed by atoms with E-state index in [0.29, 0.717) is 0 Å². The van der Waals surface area contributed by atoms with E-state index in [2.05, 4.69) is 158 Å². The van der Waals surface area contributed by atoms with E-state index in [1.807, 2.05) is 12.5 Å². The van der Waals surface area contributed by atoms with Crippen LogP contribution in [0.3, 0.4) is 0 Å². The first-order chi connectivity index (χ1) is 27.8. The first kappa shape index (κ1) is 29.0. The van der Waals surface area contributed by atoms with E-state index in [9.17, 15) is 0 Å². The van der Waals surface area contributed by atoms with Gasteiger partial charge in [0.05, 0.1) is 12.5 Å². The third kappa shape index (κ3) is 3.57. The van der Waals surface area contributed by atoms with Crippen LogP contribution in [0.25, 0.3) is 143 Å². The number of fused-ring (bicyclic) bond motifs is 13. The second-order valence-corrected chi connectivity index (χ2v) is 15.5. The number of rotatable bonds is 2. The minimum Gasteiger partial charge on any atom is -0.464 e. The molecule has 256 valence electrons. The van der Waals surface area contributed by atoms with Gasteiger partial charge in [-0.3, -0.25) is 0 Å². The third-order valence-electron chi connectivity index (χ3n) is 12.9. The Morgan fingerprint density at radius 3 is 0.929 bits per heavy atom. The van der Waals surface area contributed by atoms with Crippen molar-refractivity contribution in [2.75, 3.05) is 0 Å². The van der Waals surface area contributed by atoms with Crippen LogP contribution < -0.4 is 0 Å². The van der Waals surface area contributed by atoms with Gasteiger partial charge in [0.25, 0.3) is 0 Å². The topological polar surface area (TPSA) is 26.3 Å². The van der Waals surface area contributed by atoms with Gasteiger partial charge in [-0.15, -0.1) is 0 Å². The second kappa shape index (κ2) is 10.2. The van der Waals surface area contributed by atoms with Crippen LogP contribution in [0.4, 0.5) is 0 Å². The highest BCUT2D eigenvalue weighted by Crippen LogP contribution is 2.54. The summed E-state index contributed by atoms with van der Waals surface area (Å²) in [5.74, 6) is 0. The van der Waals surface area contributed by atoms with Crippen LogP contribution in [0, 0.1) is 0 Å². The number of hydrogen-bond donors (Lipinski definition) is 0. The Morgan fingerprint density at radius 1 is 0.232 bits per heavy atom. The van der Waals surface area contributed by atoms with Gasteiger partial charge in [-0.25, -0.2) is 0 Å². The van der Waals surface area contributed by atoms with Crippen molar-refractivity contribution in [3.8, 4) is 66.8 Å². The smallest absolute Gasteiger partial charge is 0.141 e. The summed E-state index contributed by atoms with van der Waals surface area (Å²) in [4.78, 5) is 0.